The molecule has 11 heteroatoms. The number of halogens is 5. The zero-order valence-electron chi connectivity index (χ0n) is 17.6. The van der Waals surface area contributed by atoms with E-state index < -0.39 is 29.5 Å². The molecule has 0 bridgehead atoms. The lowest BCUT2D eigenvalue weighted by Crippen LogP contribution is -2.27. The minimum atomic E-state index is -4.58. The normalized spacial score (nSPS) is 17.7. The maximum absolute atomic E-state index is 13.5. The molecular weight excluding hydrogens is 463 g/mol. The van der Waals surface area contributed by atoms with E-state index >= 15 is 0 Å². The second-order valence-corrected chi connectivity index (χ2v) is 8.39. The van der Waals surface area contributed by atoms with Crippen LogP contribution in [0.5, 0.6) is 11.5 Å². The Morgan fingerprint density at radius 3 is 2.47 bits per heavy atom. The highest BCUT2D eigenvalue weighted by Gasteiger charge is 2.52. The van der Waals surface area contributed by atoms with Crippen molar-refractivity contribution in [3.8, 4) is 11.5 Å². The Balaban J connectivity index is 1.41. The van der Waals surface area contributed by atoms with Gasteiger partial charge >= 0.3 is 12.5 Å². The summed E-state index contributed by atoms with van der Waals surface area (Å²) in [5.74, 6) is -0.679. The van der Waals surface area contributed by atoms with Gasteiger partial charge in [0.1, 0.15) is 5.69 Å². The van der Waals surface area contributed by atoms with Crippen molar-refractivity contribution in [1.82, 2.24) is 4.57 Å². The number of fused-ring (bicyclic) bond motifs is 2. The predicted octanol–water partition coefficient (Wildman–Crippen LogP) is 5.03. The van der Waals surface area contributed by atoms with Crippen LogP contribution in [-0.2, 0) is 22.9 Å². The smallest absolute Gasteiger partial charge is 0.396 e. The molecule has 0 radical (unpaired) electrons. The molecule has 2 aromatic carbocycles. The van der Waals surface area contributed by atoms with E-state index in [1.165, 1.54) is 36.4 Å². The van der Waals surface area contributed by atoms with Crippen LogP contribution in [0.1, 0.15) is 30.5 Å². The molecule has 2 N–H and O–H groups in total. The number of alkyl halides is 5. The summed E-state index contributed by atoms with van der Waals surface area (Å²) in [7, 11) is 0. The van der Waals surface area contributed by atoms with Crippen LogP contribution in [0.2, 0.25) is 0 Å². The lowest BCUT2D eigenvalue weighted by molar-refractivity contribution is -0.286. The fourth-order valence-electron chi connectivity index (χ4n) is 4.32. The van der Waals surface area contributed by atoms with E-state index in [0.717, 1.165) is 10.6 Å². The van der Waals surface area contributed by atoms with E-state index in [0.29, 0.717) is 35.0 Å². The molecule has 0 saturated heterocycles. The number of rotatable bonds is 6. The number of carbonyl (C=O) groups is 1. The van der Waals surface area contributed by atoms with Crippen LogP contribution in [0.25, 0.3) is 10.9 Å². The summed E-state index contributed by atoms with van der Waals surface area (Å²) in [6.07, 6.45) is -7.22. The zero-order valence-corrected chi connectivity index (χ0v) is 17.6. The Kier molecular flexibility index (Phi) is 5.01. The van der Waals surface area contributed by atoms with Gasteiger partial charge < -0.3 is 24.5 Å². The van der Waals surface area contributed by atoms with Crippen molar-refractivity contribution in [3.63, 3.8) is 0 Å². The highest BCUT2D eigenvalue weighted by atomic mass is 19.4. The van der Waals surface area contributed by atoms with Gasteiger partial charge in [-0.15, -0.1) is 8.78 Å². The standard InChI is InChI=1S/C23H19F5N2O4/c24-22(25,26)19-11-13-10-15(3-4-16(13)30(19)8-1-9-31)29-20(32)21(6-7-21)14-2-5-17-18(12-14)34-23(27,28)33-17/h2-5,10-12,31H,1,6-9H2,(H,29,32). The second-order valence-electron chi connectivity index (χ2n) is 8.39. The maximum Gasteiger partial charge on any atom is 0.586 e. The molecule has 1 saturated carbocycles. The molecule has 1 aliphatic heterocycles. The Morgan fingerprint density at radius 2 is 1.79 bits per heavy atom. The topological polar surface area (TPSA) is 72.7 Å². The fourth-order valence-corrected chi connectivity index (χ4v) is 4.32. The molecule has 0 atom stereocenters. The lowest BCUT2D eigenvalue weighted by atomic mass is 9.94. The summed E-state index contributed by atoms with van der Waals surface area (Å²) in [5, 5.41) is 12.1. The molecule has 1 amide bonds. The third-order valence-electron chi connectivity index (χ3n) is 6.13. The van der Waals surface area contributed by atoms with Gasteiger partial charge in [0.25, 0.3) is 0 Å². The highest BCUT2D eigenvalue weighted by molar-refractivity contribution is 6.02. The minimum Gasteiger partial charge on any atom is -0.396 e. The van der Waals surface area contributed by atoms with Gasteiger partial charge in [-0.3, -0.25) is 4.79 Å². The summed E-state index contributed by atoms with van der Waals surface area (Å²) < 4.78 is 77.1. The number of aromatic nitrogens is 1. The number of aliphatic hydroxyl groups is 1. The number of nitrogens with one attached hydrogen (secondary N) is 1. The molecule has 0 spiro atoms. The first-order valence-corrected chi connectivity index (χ1v) is 10.6. The van der Waals surface area contributed by atoms with Crippen LogP contribution in [0, 0.1) is 0 Å². The quantitative estimate of drug-likeness (QED) is 0.484. The molecule has 6 nitrogen and oxygen atoms in total. The van der Waals surface area contributed by atoms with Crippen LogP contribution in [0.15, 0.2) is 42.5 Å². The Labute approximate surface area is 189 Å². The van der Waals surface area contributed by atoms with Crippen molar-refractivity contribution in [3.05, 3.63) is 53.7 Å². The third-order valence-corrected chi connectivity index (χ3v) is 6.13. The number of anilines is 1. The fraction of sp³-hybridized carbons (Fsp3) is 0.348. The van der Waals surface area contributed by atoms with Crippen molar-refractivity contribution >= 4 is 22.5 Å². The van der Waals surface area contributed by atoms with Crippen molar-refractivity contribution < 1.29 is 41.3 Å². The first kappa shape index (κ1) is 22.5. The summed E-state index contributed by atoms with van der Waals surface area (Å²) in [4.78, 5) is 13.1. The zero-order chi connectivity index (χ0) is 24.3. The van der Waals surface area contributed by atoms with E-state index in [4.69, 9.17) is 5.11 Å². The molecule has 3 aromatic rings. The van der Waals surface area contributed by atoms with Gasteiger partial charge in [0, 0.05) is 29.7 Å². The van der Waals surface area contributed by atoms with Gasteiger partial charge in [-0.1, -0.05) is 6.07 Å². The minimum absolute atomic E-state index is 0.00712. The number of amides is 1. The van der Waals surface area contributed by atoms with Gasteiger partial charge in [-0.2, -0.15) is 13.2 Å². The molecular formula is C23H19F5N2O4. The molecule has 1 aromatic heterocycles. The lowest BCUT2D eigenvalue weighted by Gasteiger charge is -2.16. The first-order valence-electron chi connectivity index (χ1n) is 10.6. The van der Waals surface area contributed by atoms with Crippen molar-refractivity contribution in [2.45, 2.75) is 43.7 Å². The van der Waals surface area contributed by atoms with E-state index in [-0.39, 0.29) is 31.1 Å². The molecule has 0 unspecified atom stereocenters. The van der Waals surface area contributed by atoms with Crippen LogP contribution >= 0.6 is 0 Å². The average molecular weight is 482 g/mol. The van der Waals surface area contributed by atoms with Gasteiger partial charge in [0.15, 0.2) is 11.5 Å². The van der Waals surface area contributed by atoms with Crippen molar-refractivity contribution in [2.24, 2.45) is 0 Å². The number of carbonyl (C=O) groups excluding carboxylic acids is 1. The number of aryl methyl sites for hydroxylation is 1. The van der Waals surface area contributed by atoms with Crippen LogP contribution in [0.4, 0.5) is 27.6 Å². The Bertz CT molecular complexity index is 1280. The molecule has 1 fully saturated rings. The van der Waals surface area contributed by atoms with E-state index in [1.54, 1.807) is 0 Å². The third kappa shape index (κ3) is 3.83. The van der Waals surface area contributed by atoms with Gasteiger partial charge in [0.05, 0.1) is 5.41 Å². The molecule has 2 aliphatic rings. The second kappa shape index (κ2) is 7.59. The van der Waals surface area contributed by atoms with E-state index in [9.17, 15) is 26.7 Å². The monoisotopic (exact) mass is 482 g/mol. The number of hydrogen-bond donors (Lipinski definition) is 2. The summed E-state index contributed by atoms with van der Waals surface area (Å²) in [5.41, 5.74) is -0.660. The van der Waals surface area contributed by atoms with Gasteiger partial charge in [0.2, 0.25) is 5.91 Å². The van der Waals surface area contributed by atoms with E-state index in [2.05, 4.69) is 14.8 Å². The Morgan fingerprint density at radius 1 is 1.06 bits per heavy atom. The number of nitrogens with zero attached hydrogens (tertiary/aromatic N) is 1. The summed E-state index contributed by atoms with van der Waals surface area (Å²) in [6.45, 7) is -0.252. The molecule has 5 rings (SSSR count). The largest absolute Gasteiger partial charge is 0.586 e. The number of aliphatic hydroxyl groups excluding tert-OH is 1. The molecule has 1 aliphatic carbocycles. The number of hydrogen-bond acceptors (Lipinski definition) is 4. The van der Waals surface area contributed by atoms with E-state index in [1.807, 2.05) is 0 Å². The average Bonchev–Trinajstić information content (AvgIpc) is 3.39. The SMILES string of the molecule is O=C(Nc1ccc2c(c1)cc(C(F)(F)F)n2CCCO)C1(c2ccc3c(c2)OC(F)(F)O3)CC1. The van der Waals surface area contributed by atoms with Crippen molar-refractivity contribution in [2.75, 3.05) is 11.9 Å². The van der Waals surface area contributed by atoms with Gasteiger partial charge in [-0.05, 0) is 61.2 Å². The van der Waals surface area contributed by atoms with Crippen LogP contribution < -0.4 is 14.8 Å². The molecule has 180 valence electrons. The number of benzene rings is 2. The van der Waals surface area contributed by atoms with Crippen LogP contribution in [0.3, 0.4) is 0 Å². The van der Waals surface area contributed by atoms with Crippen LogP contribution in [-0.4, -0.2) is 28.5 Å². The summed E-state index contributed by atoms with van der Waals surface area (Å²) >= 11 is 0. The maximum atomic E-state index is 13.5. The van der Waals surface area contributed by atoms with Crippen molar-refractivity contribution in [1.29, 1.82) is 0 Å². The number of ether oxygens (including phenoxy) is 2. The highest BCUT2D eigenvalue weighted by Crippen LogP contribution is 2.52. The van der Waals surface area contributed by atoms with Gasteiger partial charge in [-0.25, -0.2) is 0 Å². The summed E-state index contributed by atoms with van der Waals surface area (Å²) in [6, 6.07) is 9.64. The Hall–Kier alpha value is -3.34. The first-order chi connectivity index (χ1) is 16.0. The predicted molar refractivity (Wildman–Crippen MR) is 111 cm³/mol. The molecule has 34 heavy (non-hydrogen) atoms. The molecule has 2 heterocycles.